The Balaban J connectivity index is 1.28. The molecule has 4 rings (SSSR count). The molecule has 1 atom stereocenters. The zero-order chi connectivity index (χ0) is 17.1. The van der Waals surface area contributed by atoms with Crippen molar-refractivity contribution in [3.05, 3.63) is 46.9 Å². The topological polar surface area (TPSA) is 51.7 Å². The van der Waals surface area contributed by atoms with E-state index < -0.39 is 0 Å². The highest BCUT2D eigenvalue weighted by atomic mass is 32.1. The van der Waals surface area contributed by atoms with Gasteiger partial charge in [-0.3, -0.25) is 9.78 Å². The number of pyridine rings is 1. The number of aromatic nitrogens is 1. The fraction of sp³-hybridized carbons (Fsp3) is 0.474. The van der Waals surface area contributed by atoms with Crippen molar-refractivity contribution in [2.75, 3.05) is 26.3 Å². The van der Waals surface area contributed by atoms with Gasteiger partial charge in [0.2, 0.25) is 0 Å². The SMILES string of the molecule is O=C(c1ccsc1)N1CCC2(CC1)COC(COc1cccnc1)C2. The molecule has 0 radical (unpaired) electrons. The third-order valence-electron chi connectivity index (χ3n) is 5.24. The maximum Gasteiger partial charge on any atom is 0.254 e. The van der Waals surface area contributed by atoms with E-state index in [1.165, 1.54) is 0 Å². The van der Waals surface area contributed by atoms with Crippen LogP contribution in [0.25, 0.3) is 0 Å². The van der Waals surface area contributed by atoms with E-state index in [0.717, 1.165) is 50.3 Å². The first-order valence-corrected chi connectivity index (χ1v) is 9.64. The van der Waals surface area contributed by atoms with Gasteiger partial charge in [-0.05, 0) is 48.3 Å². The molecule has 25 heavy (non-hydrogen) atoms. The van der Waals surface area contributed by atoms with Crippen LogP contribution in [-0.4, -0.2) is 48.2 Å². The van der Waals surface area contributed by atoms with Crippen LogP contribution < -0.4 is 4.74 Å². The maximum atomic E-state index is 12.5. The van der Waals surface area contributed by atoms with Gasteiger partial charge in [0, 0.05) is 24.7 Å². The van der Waals surface area contributed by atoms with Gasteiger partial charge in [-0.25, -0.2) is 0 Å². The standard InChI is InChI=1S/C19H22N2O3S/c22-18(15-3-9-25-13-15)21-7-4-19(5-8-21)10-17(24-14-19)12-23-16-2-1-6-20-11-16/h1-3,6,9,11,13,17H,4-5,7-8,10,12,14H2. The number of thiophene rings is 1. The second kappa shape index (κ2) is 7.14. The van der Waals surface area contributed by atoms with Crippen molar-refractivity contribution in [1.29, 1.82) is 0 Å². The Kier molecular flexibility index (Phi) is 4.72. The van der Waals surface area contributed by atoms with E-state index in [4.69, 9.17) is 9.47 Å². The zero-order valence-electron chi connectivity index (χ0n) is 14.1. The molecule has 0 aromatic carbocycles. The van der Waals surface area contributed by atoms with Crippen molar-refractivity contribution in [3.8, 4) is 5.75 Å². The molecule has 5 nitrogen and oxygen atoms in total. The summed E-state index contributed by atoms with van der Waals surface area (Å²) in [7, 11) is 0. The Morgan fingerprint density at radius 1 is 1.40 bits per heavy atom. The summed E-state index contributed by atoms with van der Waals surface area (Å²) in [6.07, 6.45) is 6.60. The summed E-state index contributed by atoms with van der Waals surface area (Å²) in [5, 5.41) is 3.88. The summed E-state index contributed by atoms with van der Waals surface area (Å²) >= 11 is 1.57. The molecule has 2 fully saturated rings. The molecule has 2 aliphatic rings. The van der Waals surface area contributed by atoms with Crippen molar-refractivity contribution in [2.45, 2.75) is 25.4 Å². The molecule has 2 saturated heterocycles. The summed E-state index contributed by atoms with van der Waals surface area (Å²) in [5.41, 5.74) is 1.01. The van der Waals surface area contributed by atoms with Crippen LogP contribution in [0.15, 0.2) is 41.4 Å². The van der Waals surface area contributed by atoms with Gasteiger partial charge in [0.15, 0.2) is 0 Å². The molecule has 4 heterocycles. The summed E-state index contributed by atoms with van der Waals surface area (Å²) in [4.78, 5) is 18.5. The first-order valence-electron chi connectivity index (χ1n) is 8.70. The molecule has 2 aromatic rings. The average molecular weight is 358 g/mol. The smallest absolute Gasteiger partial charge is 0.254 e. The predicted octanol–water partition coefficient (Wildman–Crippen LogP) is 3.23. The molecule has 1 unspecified atom stereocenters. The third-order valence-corrected chi connectivity index (χ3v) is 5.92. The molecular formula is C19H22N2O3S. The van der Waals surface area contributed by atoms with Crippen molar-refractivity contribution in [1.82, 2.24) is 9.88 Å². The van der Waals surface area contributed by atoms with Gasteiger partial charge in [0.1, 0.15) is 12.4 Å². The summed E-state index contributed by atoms with van der Waals surface area (Å²) in [6.45, 7) is 2.96. The molecule has 0 bridgehead atoms. The molecule has 2 aromatic heterocycles. The minimum absolute atomic E-state index is 0.124. The van der Waals surface area contributed by atoms with Gasteiger partial charge in [0.05, 0.1) is 24.5 Å². The van der Waals surface area contributed by atoms with E-state index in [1.807, 2.05) is 33.9 Å². The van der Waals surface area contributed by atoms with Gasteiger partial charge in [0.25, 0.3) is 5.91 Å². The Hall–Kier alpha value is -1.92. The van der Waals surface area contributed by atoms with Crippen molar-refractivity contribution in [3.63, 3.8) is 0 Å². The number of ether oxygens (including phenoxy) is 2. The maximum absolute atomic E-state index is 12.5. The monoisotopic (exact) mass is 358 g/mol. The van der Waals surface area contributed by atoms with Crippen molar-refractivity contribution >= 4 is 17.2 Å². The van der Waals surface area contributed by atoms with E-state index in [2.05, 4.69) is 4.98 Å². The highest BCUT2D eigenvalue weighted by Gasteiger charge is 2.43. The van der Waals surface area contributed by atoms with E-state index in [0.29, 0.717) is 6.61 Å². The van der Waals surface area contributed by atoms with Crippen LogP contribution in [0.1, 0.15) is 29.6 Å². The lowest BCUT2D eigenvalue weighted by molar-refractivity contribution is 0.0427. The number of piperidine rings is 1. The molecule has 2 aliphatic heterocycles. The van der Waals surface area contributed by atoms with Crippen LogP contribution in [0.4, 0.5) is 0 Å². The van der Waals surface area contributed by atoms with E-state index in [9.17, 15) is 4.79 Å². The number of carbonyl (C=O) groups is 1. The molecule has 6 heteroatoms. The minimum Gasteiger partial charge on any atom is -0.489 e. The zero-order valence-corrected chi connectivity index (χ0v) is 14.9. The number of amides is 1. The quantitative estimate of drug-likeness (QED) is 0.842. The Morgan fingerprint density at radius 2 is 2.28 bits per heavy atom. The average Bonchev–Trinajstić information content (AvgIpc) is 3.32. The highest BCUT2D eigenvalue weighted by molar-refractivity contribution is 7.08. The summed E-state index contributed by atoms with van der Waals surface area (Å²) < 4.78 is 11.8. The van der Waals surface area contributed by atoms with Crippen LogP contribution in [0, 0.1) is 5.41 Å². The number of carbonyl (C=O) groups excluding carboxylic acids is 1. The van der Waals surface area contributed by atoms with Gasteiger partial charge >= 0.3 is 0 Å². The van der Waals surface area contributed by atoms with Crippen molar-refractivity contribution in [2.24, 2.45) is 5.41 Å². The fourth-order valence-corrected chi connectivity index (χ4v) is 4.36. The normalized spacial score (nSPS) is 22.2. The number of rotatable bonds is 4. The number of hydrogen-bond donors (Lipinski definition) is 0. The first-order chi connectivity index (χ1) is 12.2. The lowest BCUT2D eigenvalue weighted by Gasteiger charge is -2.38. The number of likely N-dealkylation sites (tertiary alicyclic amines) is 1. The third kappa shape index (κ3) is 3.70. The molecular weight excluding hydrogens is 336 g/mol. The largest absolute Gasteiger partial charge is 0.489 e. The highest BCUT2D eigenvalue weighted by Crippen LogP contribution is 2.42. The molecule has 1 spiro atoms. The van der Waals surface area contributed by atoms with Crippen LogP contribution in [0.3, 0.4) is 0 Å². The van der Waals surface area contributed by atoms with Crippen LogP contribution in [0.2, 0.25) is 0 Å². The first kappa shape index (κ1) is 16.5. The van der Waals surface area contributed by atoms with Crippen LogP contribution >= 0.6 is 11.3 Å². The molecule has 0 saturated carbocycles. The van der Waals surface area contributed by atoms with E-state index in [1.54, 1.807) is 23.7 Å². The molecule has 1 amide bonds. The Bertz CT molecular complexity index is 697. The predicted molar refractivity (Wildman–Crippen MR) is 96.0 cm³/mol. The summed E-state index contributed by atoms with van der Waals surface area (Å²) in [5.74, 6) is 0.940. The Labute approximate surface area is 151 Å². The minimum atomic E-state index is 0.124. The van der Waals surface area contributed by atoms with Crippen LogP contribution in [-0.2, 0) is 4.74 Å². The molecule has 0 N–H and O–H groups in total. The lowest BCUT2D eigenvalue weighted by Crippen LogP contribution is -2.43. The van der Waals surface area contributed by atoms with Crippen LogP contribution in [0.5, 0.6) is 5.75 Å². The second-order valence-electron chi connectivity index (χ2n) is 6.94. The van der Waals surface area contributed by atoms with Gasteiger partial charge in [-0.15, -0.1) is 0 Å². The van der Waals surface area contributed by atoms with Gasteiger partial charge in [-0.1, -0.05) is 0 Å². The van der Waals surface area contributed by atoms with E-state index in [-0.39, 0.29) is 17.4 Å². The number of nitrogens with zero attached hydrogens (tertiary/aromatic N) is 2. The fourth-order valence-electron chi connectivity index (χ4n) is 3.73. The lowest BCUT2D eigenvalue weighted by atomic mass is 9.76. The summed E-state index contributed by atoms with van der Waals surface area (Å²) in [6, 6.07) is 5.68. The molecule has 132 valence electrons. The van der Waals surface area contributed by atoms with Crippen molar-refractivity contribution < 1.29 is 14.3 Å². The second-order valence-corrected chi connectivity index (χ2v) is 7.72. The van der Waals surface area contributed by atoms with Gasteiger partial charge in [-0.2, -0.15) is 11.3 Å². The number of hydrogen-bond acceptors (Lipinski definition) is 5. The van der Waals surface area contributed by atoms with E-state index >= 15 is 0 Å². The molecule has 0 aliphatic carbocycles. The Morgan fingerprint density at radius 3 is 3.00 bits per heavy atom. The van der Waals surface area contributed by atoms with Gasteiger partial charge < -0.3 is 14.4 Å².